The van der Waals surface area contributed by atoms with Crippen molar-refractivity contribution >= 4 is 6.09 Å². The summed E-state index contributed by atoms with van der Waals surface area (Å²) < 4.78 is 5.56. The van der Waals surface area contributed by atoms with Gasteiger partial charge < -0.3 is 15.0 Å². The van der Waals surface area contributed by atoms with E-state index in [1.54, 1.807) is 0 Å². The minimum atomic E-state index is -0.405. The smallest absolute Gasteiger partial charge is 0.410 e. The highest BCUT2D eigenvalue weighted by atomic mass is 16.6. The van der Waals surface area contributed by atoms with E-state index in [0.717, 1.165) is 32.0 Å². The number of ether oxygens (including phenoxy) is 1. The number of rotatable bonds is 2. The molecule has 1 saturated heterocycles. The van der Waals surface area contributed by atoms with E-state index in [9.17, 15) is 4.79 Å². The van der Waals surface area contributed by atoms with Gasteiger partial charge in [0.25, 0.3) is 0 Å². The molecule has 1 atom stereocenters. The molecule has 1 aliphatic carbocycles. The number of amides is 1. The van der Waals surface area contributed by atoms with Crippen LogP contribution in [0.15, 0.2) is 0 Å². The molecule has 0 aromatic rings. The Morgan fingerprint density at radius 2 is 1.95 bits per heavy atom. The van der Waals surface area contributed by atoms with Gasteiger partial charge in [-0.25, -0.2) is 4.79 Å². The molecular weight excluding hydrogens is 252 g/mol. The van der Waals surface area contributed by atoms with Crippen molar-refractivity contribution < 1.29 is 9.53 Å². The topological polar surface area (TPSA) is 41.6 Å². The molecule has 0 aromatic heterocycles. The molecule has 0 radical (unpaired) electrons. The van der Waals surface area contributed by atoms with Crippen LogP contribution in [0.2, 0.25) is 0 Å². The van der Waals surface area contributed by atoms with E-state index in [-0.39, 0.29) is 6.09 Å². The number of carbonyl (C=O) groups is 1. The molecule has 2 fully saturated rings. The second-order valence-corrected chi connectivity index (χ2v) is 7.27. The highest BCUT2D eigenvalue weighted by Gasteiger charge is 2.32. The molecular formula is C16H30N2O2. The van der Waals surface area contributed by atoms with Gasteiger partial charge in [-0.2, -0.15) is 0 Å². The van der Waals surface area contributed by atoms with Crippen LogP contribution in [0.25, 0.3) is 0 Å². The van der Waals surface area contributed by atoms with Gasteiger partial charge in [-0.1, -0.05) is 32.1 Å². The maximum Gasteiger partial charge on any atom is 0.410 e. The van der Waals surface area contributed by atoms with Gasteiger partial charge in [0.1, 0.15) is 5.60 Å². The molecule has 1 saturated carbocycles. The van der Waals surface area contributed by atoms with Gasteiger partial charge in [-0.05, 0) is 33.1 Å². The van der Waals surface area contributed by atoms with Crippen LogP contribution in [0, 0.1) is 5.92 Å². The summed E-state index contributed by atoms with van der Waals surface area (Å²) in [6.07, 6.45) is 7.76. The fraction of sp³-hybridized carbons (Fsp3) is 0.938. The Morgan fingerprint density at radius 1 is 1.25 bits per heavy atom. The summed E-state index contributed by atoms with van der Waals surface area (Å²) in [5.41, 5.74) is -0.405. The van der Waals surface area contributed by atoms with Gasteiger partial charge >= 0.3 is 6.09 Å². The quantitative estimate of drug-likeness (QED) is 0.846. The van der Waals surface area contributed by atoms with Crippen LogP contribution >= 0.6 is 0 Å². The summed E-state index contributed by atoms with van der Waals surface area (Å²) in [5, 5.41) is 3.42. The monoisotopic (exact) mass is 282 g/mol. The highest BCUT2D eigenvalue weighted by molar-refractivity contribution is 5.68. The summed E-state index contributed by atoms with van der Waals surface area (Å²) in [6.45, 7) is 8.36. The van der Waals surface area contributed by atoms with Crippen molar-refractivity contribution in [2.45, 2.75) is 70.9 Å². The molecule has 2 rings (SSSR count). The van der Waals surface area contributed by atoms with Crippen LogP contribution in [0.4, 0.5) is 4.79 Å². The number of piperazine rings is 1. The molecule has 1 N–H and O–H groups in total. The van der Waals surface area contributed by atoms with Gasteiger partial charge in [0.15, 0.2) is 0 Å². The van der Waals surface area contributed by atoms with Crippen LogP contribution in [0.3, 0.4) is 0 Å². The summed E-state index contributed by atoms with van der Waals surface area (Å²) in [6, 6.07) is 0.307. The lowest BCUT2D eigenvalue weighted by atomic mass is 9.84. The predicted octanol–water partition coefficient (Wildman–Crippen LogP) is 3.17. The molecule has 4 nitrogen and oxygen atoms in total. The Hall–Kier alpha value is -0.770. The average molecular weight is 282 g/mol. The zero-order valence-corrected chi connectivity index (χ0v) is 13.3. The zero-order valence-electron chi connectivity index (χ0n) is 13.3. The van der Waals surface area contributed by atoms with Crippen LogP contribution in [-0.4, -0.2) is 42.3 Å². The summed E-state index contributed by atoms with van der Waals surface area (Å²) in [5.74, 6) is 0.790. The maximum absolute atomic E-state index is 12.3. The van der Waals surface area contributed by atoms with Crippen LogP contribution in [0.5, 0.6) is 0 Å². The van der Waals surface area contributed by atoms with Crippen molar-refractivity contribution in [3.05, 3.63) is 0 Å². The molecule has 4 heteroatoms. The largest absolute Gasteiger partial charge is 0.444 e. The van der Waals surface area contributed by atoms with Crippen LogP contribution < -0.4 is 5.32 Å². The molecule has 0 bridgehead atoms. The van der Waals surface area contributed by atoms with E-state index in [1.165, 1.54) is 32.1 Å². The van der Waals surface area contributed by atoms with E-state index >= 15 is 0 Å². The molecule has 1 amide bonds. The van der Waals surface area contributed by atoms with Crippen molar-refractivity contribution in [3.63, 3.8) is 0 Å². The minimum absolute atomic E-state index is 0.139. The molecule has 2 aliphatic rings. The molecule has 20 heavy (non-hydrogen) atoms. The van der Waals surface area contributed by atoms with Crippen molar-refractivity contribution in [2.24, 2.45) is 5.92 Å². The number of nitrogens with one attached hydrogen (secondary N) is 1. The minimum Gasteiger partial charge on any atom is -0.444 e. The number of hydrogen-bond donors (Lipinski definition) is 1. The van der Waals surface area contributed by atoms with Crippen molar-refractivity contribution in [1.29, 1.82) is 0 Å². The standard InChI is InChI=1S/C16H30N2O2/c1-16(2,3)20-15(19)18-10-9-17-12-14(18)11-13-7-5-4-6-8-13/h13-14,17H,4-12H2,1-3H3. The van der Waals surface area contributed by atoms with Crippen LogP contribution in [-0.2, 0) is 4.74 Å². The summed E-state index contributed by atoms with van der Waals surface area (Å²) >= 11 is 0. The lowest BCUT2D eigenvalue weighted by Gasteiger charge is -2.39. The fourth-order valence-electron chi connectivity index (χ4n) is 3.34. The third-order valence-corrected chi connectivity index (χ3v) is 4.31. The third kappa shape index (κ3) is 4.65. The summed E-state index contributed by atoms with van der Waals surface area (Å²) in [4.78, 5) is 14.3. The average Bonchev–Trinajstić information content (AvgIpc) is 2.38. The first-order valence-electron chi connectivity index (χ1n) is 8.16. The Labute approximate surface area is 123 Å². The second-order valence-electron chi connectivity index (χ2n) is 7.27. The molecule has 1 unspecified atom stereocenters. The number of hydrogen-bond acceptors (Lipinski definition) is 3. The van der Waals surface area contributed by atoms with E-state index in [0.29, 0.717) is 6.04 Å². The van der Waals surface area contributed by atoms with Crippen molar-refractivity contribution in [3.8, 4) is 0 Å². The Kier molecular flexibility index (Phi) is 5.30. The highest BCUT2D eigenvalue weighted by Crippen LogP contribution is 2.29. The Morgan fingerprint density at radius 3 is 2.60 bits per heavy atom. The van der Waals surface area contributed by atoms with Crippen molar-refractivity contribution in [1.82, 2.24) is 10.2 Å². The predicted molar refractivity (Wildman–Crippen MR) is 80.8 cm³/mol. The lowest BCUT2D eigenvalue weighted by molar-refractivity contribution is 0.00865. The Balaban J connectivity index is 1.92. The van der Waals surface area contributed by atoms with Crippen LogP contribution in [0.1, 0.15) is 59.3 Å². The van der Waals surface area contributed by atoms with Gasteiger partial charge in [0.2, 0.25) is 0 Å². The Bertz CT molecular complexity index is 319. The molecule has 0 spiro atoms. The second kappa shape index (κ2) is 6.79. The van der Waals surface area contributed by atoms with Crippen molar-refractivity contribution in [2.75, 3.05) is 19.6 Å². The zero-order chi connectivity index (χ0) is 14.6. The summed E-state index contributed by atoms with van der Waals surface area (Å²) in [7, 11) is 0. The molecule has 0 aromatic carbocycles. The maximum atomic E-state index is 12.3. The van der Waals surface area contributed by atoms with E-state index in [4.69, 9.17) is 4.74 Å². The SMILES string of the molecule is CC(C)(C)OC(=O)N1CCNCC1CC1CCCCC1. The van der Waals surface area contributed by atoms with Gasteiger partial charge in [0.05, 0.1) is 0 Å². The van der Waals surface area contributed by atoms with E-state index in [2.05, 4.69) is 5.32 Å². The number of carbonyl (C=O) groups excluding carboxylic acids is 1. The number of nitrogens with zero attached hydrogens (tertiary/aromatic N) is 1. The van der Waals surface area contributed by atoms with Gasteiger partial charge in [-0.15, -0.1) is 0 Å². The van der Waals surface area contributed by atoms with Gasteiger partial charge in [0, 0.05) is 25.7 Å². The normalized spacial score (nSPS) is 25.6. The fourth-order valence-corrected chi connectivity index (χ4v) is 3.34. The molecule has 116 valence electrons. The molecule has 1 heterocycles. The molecule has 1 aliphatic heterocycles. The van der Waals surface area contributed by atoms with E-state index in [1.807, 2.05) is 25.7 Å². The first-order chi connectivity index (χ1) is 9.46. The first kappa shape index (κ1) is 15.6. The lowest BCUT2D eigenvalue weighted by Crippen LogP contribution is -2.55. The van der Waals surface area contributed by atoms with E-state index < -0.39 is 5.60 Å². The first-order valence-corrected chi connectivity index (χ1v) is 8.16. The third-order valence-electron chi connectivity index (χ3n) is 4.31. The van der Waals surface area contributed by atoms with Gasteiger partial charge in [-0.3, -0.25) is 0 Å².